The van der Waals surface area contributed by atoms with E-state index >= 15 is 0 Å². The largest absolute Gasteiger partial charge is 0.478 e. The molecule has 0 aliphatic rings. The summed E-state index contributed by atoms with van der Waals surface area (Å²) in [5.41, 5.74) is 1.41. The van der Waals surface area contributed by atoms with E-state index in [9.17, 15) is 14.7 Å². The minimum Gasteiger partial charge on any atom is -0.478 e. The Labute approximate surface area is 170 Å². The van der Waals surface area contributed by atoms with Crippen molar-refractivity contribution >= 4 is 11.9 Å². The third-order valence-corrected chi connectivity index (χ3v) is 5.45. The van der Waals surface area contributed by atoms with Crippen LogP contribution in [0.15, 0.2) is 84.9 Å². The second-order valence-electron chi connectivity index (χ2n) is 7.18. The van der Waals surface area contributed by atoms with Gasteiger partial charge in [0.05, 0.1) is 11.1 Å². The van der Waals surface area contributed by atoms with E-state index in [2.05, 4.69) is 13.8 Å². The first-order valence-electron chi connectivity index (χ1n) is 9.61. The molecule has 3 rings (SSSR count). The van der Waals surface area contributed by atoms with Gasteiger partial charge in [-0.3, -0.25) is 0 Å². The van der Waals surface area contributed by atoms with Crippen molar-refractivity contribution in [1.29, 1.82) is 0 Å². The number of carboxylic acids is 1. The Kier molecular flexibility index (Phi) is 6.13. The van der Waals surface area contributed by atoms with Gasteiger partial charge < -0.3 is 9.84 Å². The fraction of sp³-hybridized carbons (Fsp3) is 0.200. The number of hydrogen-bond donors (Lipinski definition) is 1. The molecule has 3 aromatic rings. The van der Waals surface area contributed by atoms with Crippen molar-refractivity contribution < 1.29 is 19.4 Å². The van der Waals surface area contributed by atoms with E-state index in [1.54, 1.807) is 12.1 Å². The summed E-state index contributed by atoms with van der Waals surface area (Å²) >= 11 is 0. The molecule has 2 atom stereocenters. The second kappa shape index (κ2) is 8.74. The molecule has 0 heterocycles. The summed E-state index contributed by atoms with van der Waals surface area (Å²) in [4.78, 5) is 24.6. The molecule has 1 N–H and O–H groups in total. The molecule has 0 bridgehead atoms. The van der Waals surface area contributed by atoms with Crippen LogP contribution in [0.1, 0.15) is 58.2 Å². The number of carbonyl (C=O) groups excluding carboxylic acids is 1. The van der Waals surface area contributed by atoms with Crippen LogP contribution < -0.4 is 0 Å². The van der Waals surface area contributed by atoms with Crippen LogP contribution in [0.3, 0.4) is 0 Å². The first kappa shape index (κ1) is 20.3. The van der Waals surface area contributed by atoms with Crippen LogP contribution in [-0.4, -0.2) is 17.0 Å². The molecule has 0 saturated carbocycles. The highest BCUT2D eigenvalue weighted by molar-refractivity contribution is 6.02. The maximum atomic E-state index is 13.1. The van der Waals surface area contributed by atoms with Crippen molar-refractivity contribution in [2.75, 3.05) is 0 Å². The zero-order valence-electron chi connectivity index (χ0n) is 16.5. The Bertz CT molecular complexity index is 982. The van der Waals surface area contributed by atoms with E-state index in [-0.39, 0.29) is 11.1 Å². The molecular weight excluding hydrogens is 364 g/mol. The van der Waals surface area contributed by atoms with Gasteiger partial charge >= 0.3 is 11.9 Å². The van der Waals surface area contributed by atoms with Gasteiger partial charge in [-0.15, -0.1) is 0 Å². The predicted octanol–water partition coefficient (Wildman–Crippen LogP) is 5.65. The van der Waals surface area contributed by atoms with Crippen LogP contribution in [0.25, 0.3) is 0 Å². The van der Waals surface area contributed by atoms with E-state index in [4.69, 9.17) is 4.74 Å². The lowest BCUT2D eigenvalue weighted by Crippen LogP contribution is -2.33. The van der Waals surface area contributed by atoms with E-state index in [0.29, 0.717) is 0 Å². The molecule has 0 amide bonds. The maximum Gasteiger partial charge on any atom is 0.339 e. The molecule has 0 aromatic heterocycles. The Morgan fingerprint density at radius 2 is 1.38 bits per heavy atom. The van der Waals surface area contributed by atoms with E-state index in [1.165, 1.54) is 12.1 Å². The summed E-state index contributed by atoms with van der Waals surface area (Å²) in [6, 6.07) is 25.6. The average molecular weight is 388 g/mol. The average Bonchev–Trinajstić information content (AvgIpc) is 2.78. The second-order valence-corrected chi connectivity index (χ2v) is 7.18. The van der Waals surface area contributed by atoms with Crippen LogP contribution in [-0.2, 0) is 10.2 Å². The molecule has 0 aliphatic carbocycles. The summed E-state index contributed by atoms with van der Waals surface area (Å²) in [5, 5.41) is 9.44. The lowest BCUT2D eigenvalue weighted by atomic mass is 9.73. The summed E-state index contributed by atoms with van der Waals surface area (Å²) in [6.45, 7) is 4.12. The van der Waals surface area contributed by atoms with Gasteiger partial charge in [0.15, 0.2) is 0 Å². The normalized spacial score (nSPS) is 13.9. The molecule has 3 aromatic carbocycles. The number of esters is 1. The van der Waals surface area contributed by atoms with Crippen molar-refractivity contribution in [3.8, 4) is 0 Å². The Morgan fingerprint density at radius 1 is 0.862 bits per heavy atom. The number of carbonyl (C=O) groups is 2. The lowest BCUT2D eigenvalue weighted by molar-refractivity contribution is 0.00568. The van der Waals surface area contributed by atoms with Crippen molar-refractivity contribution in [2.45, 2.75) is 31.8 Å². The molecule has 0 spiro atoms. The van der Waals surface area contributed by atoms with Crippen LogP contribution in [0.5, 0.6) is 0 Å². The third kappa shape index (κ3) is 4.21. The van der Waals surface area contributed by atoms with Crippen molar-refractivity contribution in [1.82, 2.24) is 0 Å². The van der Waals surface area contributed by atoms with Crippen LogP contribution >= 0.6 is 0 Å². The molecule has 4 heteroatoms. The highest BCUT2D eigenvalue weighted by Crippen LogP contribution is 2.43. The van der Waals surface area contributed by atoms with Crippen molar-refractivity contribution in [2.24, 2.45) is 0 Å². The number of rotatable bonds is 7. The summed E-state index contributed by atoms with van der Waals surface area (Å²) in [5.74, 6) is -1.80. The van der Waals surface area contributed by atoms with E-state index in [1.807, 2.05) is 60.7 Å². The summed E-state index contributed by atoms with van der Waals surface area (Å²) in [6.07, 6.45) is 0.148. The fourth-order valence-electron chi connectivity index (χ4n) is 3.57. The van der Waals surface area contributed by atoms with Gasteiger partial charge in [0.2, 0.25) is 0 Å². The van der Waals surface area contributed by atoms with Crippen LogP contribution in [0.2, 0.25) is 0 Å². The molecule has 4 nitrogen and oxygen atoms in total. The minimum absolute atomic E-state index is 0.0486. The van der Waals surface area contributed by atoms with E-state index in [0.717, 1.165) is 17.5 Å². The third-order valence-electron chi connectivity index (χ3n) is 5.45. The van der Waals surface area contributed by atoms with Gasteiger partial charge in [-0.25, -0.2) is 9.59 Å². The maximum absolute atomic E-state index is 13.1. The number of aromatic carboxylic acids is 1. The zero-order chi connectivity index (χ0) is 20.9. The van der Waals surface area contributed by atoms with Crippen LogP contribution in [0, 0.1) is 0 Å². The molecule has 0 aliphatic heterocycles. The van der Waals surface area contributed by atoms with Gasteiger partial charge in [-0.2, -0.15) is 0 Å². The van der Waals surface area contributed by atoms with E-state index < -0.39 is 23.5 Å². The smallest absolute Gasteiger partial charge is 0.339 e. The Hall–Kier alpha value is -3.40. The molecule has 148 valence electrons. The lowest BCUT2D eigenvalue weighted by Gasteiger charge is -2.37. The van der Waals surface area contributed by atoms with Crippen LogP contribution in [0.4, 0.5) is 0 Å². The van der Waals surface area contributed by atoms with Gasteiger partial charge in [-0.05, 0) is 29.7 Å². The predicted molar refractivity (Wildman–Crippen MR) is 112 cm³/mol. The SMILES string of the molecule is CCC(C)(c1ccccc1)C(OC(=O)c1ccccc1C(=O)O)c1ccccc1. The molecule has 2 unspecified atom stereocenters. The van der Waals surface area contributed by atoms with Gasteiger partial charge in [-0.1, -0.05) is 86.6 Å². The molecule has 0 fully saturated rings. The zero-order valence-corrected chi connectivity index (χ0v) is 16.5. The standard InChI is InChI=1S/C25H24O4/c1-3-25(2,19-14-8-5-9-15-19)22(18-12-6-4-7-13-18)29-24(28)21-17-11-10-16-20(21)23(26)27/h4-17,22H,3H2,1-2H3,(H,26,27). The highest BCUT2D eigenvalue weighted by atomic mass is 16.5. The van der Waals surface area contributed by atoms with Gasteiger partial charge in [0, 0.05) is 5.41 Å². The van der Waals surface area contributed by atoms with Crippen molar-refractivity contribution in [3.05, 3.63) is 107 Å². The minimum atomic E-state index is -1.16. The first-order chi connectivity index (χ1) is 14.0. The monoisotopic (exact) mass is 388 g/mol. The number of hydrogen-bond acceptors (Lipinski definition) is 3. The fourth-order valence-corrected chi connectivity index (χ4v) is 3.57. The summed E-state index contributed by atoms with van der Waals surface area (Å²) in [7, 11) is 0. The molecular formula is C25H24O4. The Balaban J connectivity index is 2.06. The quantitative estimate of drug-likeness (QED) is 0.531. The molecule has 0 saturated heterocycles. The highest BCUT2D eigenvalue weighted by Gasteiger charge is 2.39. The first-order valence-corrected chi connectivity index (χ1v) is 9.61. The number of carboxylic acid groups (broad SMARTS) is 1. The topological polar surface area (TPSA) is 63.6 Å². The van der Waals surface area contributed by atoms with Gasteiger partial charge in [0.25, 0.3) is 0 Å². The molecule has 29 heavy (non-hydrogen) atoms. The number of benzene rings is 3. The van der Waals surface area contributed by atoms with Crippen molar-refractivity contribution in [3.63, 3.8) is 0 Å². The Morgan fingerprint density at radius 3 is 1.93 bits per heavy atom. The number of ether oxygens (including phenoxy) is 1. The summed E-state index contributed by atoms with van der Waals surface area (Å²) < 4.78 is 6.02. The molecule has 0 radical (unpaired) electrons. The van der Waals surface area contributed by atoms with Gasteiger partial charge in [0.1, 0.15) is 6.10 Å².